The lowest BCUT2D eigenvalue weighted by Crippen LogP contribution is -1.99. The first kappa shape index (κ1) is 14.4. The van der Waals surface area contributed by atoms with E-state index in [1.54, 1.807) is 7.11 Å². The van der Waals surface area contributed by atoms with Gasteiger partial charge in [0, 0.05) is 5.56 Å². The molecule has 2 aromatic rings. The molecule has 0 amide bonds. The molecule has 2 rings (SSSR count). The van der Waals surface area contributed by atoms with E-state index in [1.165, 1.54) is 0 Å². The summed E-state index contributed by atoms with van der Waals surface area (Å²) < 4.78 is 11.0. The molecule has 0 fully saturated rings. The fourth-order valence-corrected chi connectivity index (χ4v) is 2.01. The zero-order valence-corrected chi connectivity index (χ0v) is 11.9. The maximum Gasteiger partial charge on any atom is 0.125 e. The van der Waals surface area contributed by atoms with Gasteiger partial charge in [0.1, 0.15) is 18.1 Å². The summed E-state index contributed by atoms with van der Waals surface area (Å²) in [6.45, 7) is 2.41. The molecule has 106 valence electrons. The smallest absolute Gasteiger partial charge is 0.125 e. The van der Waals surface area contributed by atoms with E-state index in [0.29, 0.717) is 13.0 Å². The normalized spacial score (nSPS) is 11.9. The van der Waals surface area contributed by atoms with Crippen molar-refractivity contribution in [3.05, 3.63) is 59.7 Å². The third-order valence-corrected chi connectivity index (χ3v) is 3.24. The molecule has 0 aliphatic heterocycles. The summed E-state index contributed by atoms with van der Waals surface area (Å²) in [4.78, 5) is 0. The first-order valence-electron chi connectivity index (χ1n) is 6.77. The van der Waals surface area contributed by atoms with Gasteiger partial charge in [0.15, 0.2) is 0 Å². The number of hydrogen-bond acceptors (Lipinski definition) is 3. The second kappa shape index (κ2) is 6.96. The molecule has 3 heteroatoms. The number of rotatable bonds is 6. The molecule has 20 heavy (non-hydrogen) atoms. The lowest BCUT2D eigenvalue weighted by Gasteiger charge is -2.11. The Bertz CT molecular complexity index is 534. The van der Waals surface area contributed by atoms with Crippen molar-refractivity contribution in [2.45, 2.75) is 26.1 Å². The zero-order chi connectivity index (χ0) is 14.4. The number of benzene rings is 2. The van der Waals surface area contributed by atoms with Gasteiger partial charge in [-0.3, -0.25) is 0 Å². The second-order valence-corrected chi connectivity index (χ2v) is 4.59. The van der Waals surface area contributed by atoms with Gasteiger partial charge in [0.25, 0.3) is 0 Å². The molecule has 0 bridgehead atoms. The van der Waals surface area contributed by atoms with Gasteiger partial charge in [-0.15, -0.1) is 0 Å². The molecule has 0 aliphatic carbocycles. The Morgan fingerprint density at radius 3 is 2.40 bits per heavy atom. The van der Waals surface area contributed by atoms with Crippen molar-refractivity contribution < 1.29 is 14.6 Å². The average Bonchev–Trinajstić information content (AvgIpc) is 2.53. The third kappa shape index (κ3) is 3.52. The Hall–Kier alpha value is -2.00. The molecule has 0 saturated heterocycles. The van der Waals surface area contributed by atoms with Crippen LogP contribution in [0, 0.1) is 0 Å². The van der Waals surface area contributed by atoms with Crippen molar-refractivity contribution in [3.8, 4) is 11.5 Å². The summed E-state index contributed by atoms with van der Waals surface area (Å²) in [5.74, 6) is 1.61. The minimum Gasteiger partial charge on any atom is -0.496 e. The average molecular weight is 272 g/mol. The summed E-state index contributed by atoms with van der Waals surface area (Å²) in [5.41, 5.74) is 1.92. The lowest BCUT2D eigenvalue weighted by atomic mass is 10.1. The van der Waals surface area contributed by atoms with E-state index in [9.17, 15) is 5.11 Å². The second-order valence-electron chi connectivity index (χ2n) is 4.59. The predicted molar refractivity (Wildman–Crippen MR) is 79.0 cm³/mol. The minimum atomic E-state index is -0.404. The molecule has 0 radical (unpaired) electrons. The topological polar surface area (TPSA) is 38.7 Å². The van der Waals surface area contributed by atoms with E-state index >= 15 is 0 Å². The Morgan fingerprint density at radius 2 is 1.75 bits per heavy atom. The van der Waals surface area contributed by atoms with Gasteiger partial charge in [-0.05, 0) is 30.2 Å². The van der Waals surface area contributed by atoms with Crippen molar-refractivity contribution in [1.29, 1.82) is 0 Å². The van der Waals surface area contributed by atoms with Crippen LogP contribution in [-0.2, 0) is 6.61 Å². The van der Waals surface area contributed by atoms with Crippen LogP contribution in [0.2, 0.25) is 0 Å². The number of hydrogen-bond donors (Lipinski definition) is 1. The molecule has 1 atom stereocenters. The molecule has 1 N–H and O–H groups in total. The predicted octanol–water partition coefficient (Wildman–Crippen LogP) is 3.72. The van der Waals surface area contributed by atoms with Crippen LogP contribution in [0.15, 0.2) is 48.5 Å². The zero-order valence-electron chi connectivity index (χ0n) is 11.9. The van der Waals surface area contributed by atoms with Gasteiger partial charge >= 0.3 is 0 Å². The van der Waals surface area contributed by atoms with Gasteiger partial charge in [-0.1, -0.05) is 37.3 Å². The molecular weight excluding hydrogens is 252 g/mol. The van der Waals surface area contributed by atoms with Gasteiger partial charge in [-0.2, -0.15) is 0 Å². The monoisotopic (exact) mass is 272 g/mol. The molecule has 0 unspecified atom stereocenters. The number of ether oxygens (including phenoxy) is 2. The highest BCUT2D eigenvalue weighted by Gasteiger charge is 2.05. The summed E-state index contributed by atoms with van der Waals surface area (Å²) in [5, 5.41) is 9.74. The van der Waals surface area contributed by atoms with Crippen LogP contribution in [-0.4, -0.2) is 12.2 Å². The van der Waals surface area contributed by atoms with Gasteiger partial charge in [-0.25, -0.2) is 0 Å². The Morgan fingerprint density at radius 1 is 1.05 bits per heavy atom. The Kier molecular flexibility index (Phi) is 5.02. The Labute approximate surface area is 119 Å². The largest absolute Gasteiger partial charge is 0.496 e. The summed E-state index contributed by atoms with van der Waals surface area (Å²) in [7, 11) is 1.65. The standard InChI is InChI=1S/C17H20O3/c1-3-16(18)13-8-10-15(11-9-13)20-12-14-6-4-5-7-17(14)19-2/h4-11,16,18H,3,12H2,1-2H3/t16-/m1/s1. The lowest BCUT2D eigenvalue weighted by molar-refractivity contribution is 0.173. The maximum atomic E-state index is 9.74. The van der Waals surface area contributed by atoms with Crippen LogP contribution in [0.25, 0.3) is 0 Å². The minimum absolute atomic E-state index is 0.404. The Balaban J connectivity index is 2.00. The highest BCUT2D eigenvalue weighted by molar-refractivity contribution is 5.34. The van der Waals surface area contributed by atoms with Crippen LogP contribution in [0.5, 0.6) is 11.5 Å². The van der Waals surface area contributed by atoms with Gasteiger partial charge in [0.2, 0.25) is 0 Å². The van der Waals surface area contributed by atoms with Crippen LogP contribution < -0.4 is 9.47 Å². The van der Waals surface area contributed by atoms with Gasteiger partial charge in [0.05, 0.1) is 13.2 Å². The highest BCUT2D eigenvalue weighted by atomic mass is 16.5. The molecule has 2 aromatic carbocycles. The first-order chi connectivity index (χ1) is 9.74. The number of aliphatic hydroxyl groups is 1. The van der Waals surface area contributed by atoms with E-state index in [2.05, 4.69) is 0 Å². The molecule has 0 spiro atoms. The van der Waals surface area contributed by atoms with E-state index in [-0.39, 0.29) is 0 Å². The van der Waals surface area contributed by atoms with Crippen molar-refractivity contribution >= 4 is 0 Å². The quantitative estimate of drug-likeness (QED) is 0.871. The molecule has 0 saturated carbocycles. The van der Waals surface area contributed by atoms with Crippen LogP contribution >= 0.6 is 0 Å². The van der Waals surface area contributed by atoms with E-state index in [0.717, 1.165) is 22.6 Å². The molecule has 0 aliphatic rings. The van der Waals surface area contributed by atoms with Crippen molar-refractivity contribution in [2.24, 2.45) is 0 Å². The van der Waals surface area contributed by atoms with E-state index in [1.807, 2.05) is 55.5 Å². The van der Waals surface area contributed by atoms with E-state index < -0.39 is 6.10 Å². The number of methoxy groups -OCH3 is 1. The number of aliphatic hydroxyl groups excluding tert-OH is 1. The highest BCUT2D eigenvalue weighted by Crippen LogP contribution is 2.22. The molecular formula is C17H20O3. The van der Waals surface area contributed by atoms with Crippen molar-refractivity contribution in [3.63, 3.8) is 0 Å². The summed E-state index contributed by atoms with van der Waals surface area (Å²) >= 11 is 0. The van der Waals surface area contributed by atoms with E-state index in [4.69, 9.17) is 9.47 Å². The molecule has 3 nitrogen and oxygen atoms in total. The van der Waals surface area contributed by atoms with Crippen LogP contribution in [0.4, 0.5) is 0 Å². The van der Waals surface area contributed by atoms with Crippen LogP contribution in [0.1, 0.15) is 30.6 Å². The summed E-state index contributed by atoms with van der Waals surface area (Å²) in [6.07, 6.45) is 0.305. The fourth-order valence-electron chi connectivity index (χ4n) is 2.01. The summed E-state index contributed by atoms with van der Waals surface area (Å²) in [6, 6.07) is 15.3. The first-order valence-corrected chi connectivity index (χ1v) is 6.77. The molecule has 0 heterocycles. The van der Waals surface area contributed by atoms with Crippen LogP contribution in [0.3, 0.4) is 0 Å². The molecule has 0 aromatic heterocycles. The van der Waals surface area contributed by atoms with Crippen molar-refractivity contribution in [1.82, 2.24) is 0 Å². The SMILES string of the molecule is CC[C@@H](O)c1ccc(OCc2ccccc2OC)cc1. The maximum absolute atomic E-state index is 9.74. The van der Waals surface area contributed by atoms with Crippen molar-refractivity contribution in [2.75, 3.05) is 7.11 Å². The fraction of sp³-hybridized carbons (Fsp3) is 0.294. The number of para-hydroxylation sites is 1. The van der Waals surface area contributed by atoms with Gasteiger partial charge < -0.3 is 14.6 Å². The third-order valence-electron chi connectivity index (χ3n) is 3.24.